The third-order valence-corrected chi connectivity index (χ3v) is 2.68. The Hall–Kier alpha value is -2.37. The largest absolute Gasteiger partial charge is 0.550 e. The molecule has 6 nitrogen and oxygen atoms in total. The maximum atomic E-state index is 8.89. The Kier molecular flexibility index (Phi) is 8.52. The number of hydrazone groups is 1. The molecule has 1 aromatic rings. The molecule has 0 saturated carbocycles. The van der Waals surface area contributed by atoms with E-state index in [1.165, 1.54) is 11.1 Å². The minimum Gasteiger partial charge on any atom is -0.550 e. The van der Waals surface area contributed by atoms with E-state index >= 15 is 0 Å². The van der Waals surface area contributed by atoms with Crippen molar-refractivity contribution < 1.29 is 15.0 Å². The highest BCUT2D eigenvalue weighted by Crippen LogP contribution is 2.22. The van der Waals surface area contributed by atoms with Crippen molar-refractivity contribution in [2.45, 2.75) is 46.0 Å². The molecule has 1 rings (SSSR count). The molecular weight excluding hydrogens is 280 g/mol. The van der Waals surface area contributed by atoms with Crippen molar-refractivity contribution in [2.75, 3.05) is 0 Å². The van der Waals surface area contributed by atoms with Gasteiger partial charge in [0.05, 0.1) is 0 Å². The summed E-state index contributed by atoms with van der Waals surface area (Å²) >= 11 is 0. The highest BCUT2D eigenvalue weighted by Gasteiger charge is 2.12. The average molecular weight is 306 g/mol. The van der Waals surface area contributed by atoms with Crippen LogP contribution in [-0.2, 0) is 16.6 Å². The quantitative estimate of drug-likeness (QED) is 0.376. The summed E-state index contributed by atoms with van der Waals surface area (Å²) in [6.07, 6.45) is 3.69. The van der Waals surface area contributed by atoms with Gasteiger partial charge in [0.1, 0.15) is 0 Å². The number of nitrogens with one attached hydrogen (secondary N) is 1. The van der Waals surface area contributed by atoms with Gasteiger partial charge in [-0.15, -0.1) is 5.10 Å². The van der Waals surface area contributed by atoms with Crippen LogP contribution in [0.2, 0.25) is 0 Å². The molecule has 0 atom stereocenters. The number of guanidine groups is 1. The molecule has 0 radical (unpaired) electrons. The molecule has 0 amide bonds. The first-order chi connectivity index (χ1) is 10.1. The SMILES string of the molecule is CC(=O)[O-].CC(C)(C)c1ccc(CCC=[NH+]N=C(N)N)cc1. The number of nitrogens with zero attached hydrogens (tertiary/aromatic N) is 1. The molecule has 22 heavy (non-hydrogen) atoms. The van der Waals surface area contributed by atoms with Crippen molar-refractivity contribution in [3.8, 4) is 0 Å². The predicted octanol–water partition coefficient (Wildman–Crippen LogP) is -0.987. The Morgan fingerprint density at radius 1 is 1.27 bits per heavy atom. The standard InChI is InChI=1S/C14H22N4.C2H4O2/c1-14(2,3)12-8-6-11(7-9-12)5-4-10-17-18-13(15)16;1-2(3)4/h6-10H,4-5H2,1-3H3,(H4,15,16,18);1H3,(H,3,4). The third-order valence-electron chi connectivity index (χ3n) is 2.68. The van der Waals surface area contributed by atoms with Crippen molar-refractivity contribution in [1.29, 1.82) is 0 Å². The predicted molar refractivity (Wildman–Crippen MR) is 87.0 cm³/mol. The smallest absolute Gasteiger partial charge is 0.256 e. The van der Waals surface area contributed by atoms with Gasteiger partial charge < -0.3 is 21.4 Å². The monoisotopic (exact) mass is 306 g/mol. The lowest BCUT2D eigenvalue weighted by Gasteiger charge is -2.19. The van der Waals surface area contributed by atoms with E-state index in [1.54, 1.807) is 0 Å². The van der Waals surface area contributed by atoms with E-state index in [0.717, 1.165) is 19.8 Å². The summed E-state index contributed by atoms with van der Waals surface area (Å²) in [6.45, 7) is 7.62. The lowest BCUT2D eigenvalue weighted by Crippen LogP contribution is -2.63. The van der Waals surface area contributed by atoms with Crippen LogP contribution in [-0.4, -0.2) is 18.1 Å². The second kappa shape index (κ2) is 9.55. The van der Waals surface area contributed by atoms with Crippen molar-refractivity contribution in [3.05, 3.63) is 35.4 Å². The van der Waals surface area contributed by atoms with Crippen LogP contribution >= 0.6 is 0 Å². The van der Waals surface area contributed by atoms with Crippen LogP contribution < -0.4 is 21.7 Å². The minimum absolute atomic E-state index is 0.0424. The number of benzene rings is 1. The van der Waals surface area contributed by atoms with E-state index < -0.39 is 5.97 Å². The summed E-state index contributed by atoms with van der Waals surface area (Å²) in [4.78, 5) is 8.89. The third kappa shape index (κ3) is 10.4. The molecule has 0 heterocycles. The van der Waals surface area contributed by atoms with E-state index in [9.17, 15) is 0 Å². The van der Waals surface area contributed by atoms with Crippen molar-refractivity contribution in [1.82, 2.24) is 0 Å². The van der Waals surface area contributed by atoms with E-state index in [4.69, 9.17) is 21.4 Å². The number of carboxylic acids is 1. The molecule has 0 spiro atoms. The van der Waals surface area contributed by atoms with Crippen LogP contribution in [0.15, 0.2) is 29.4 Å². The second-order valence-electron chi connectivity index (χ2n) is 5.85. The zero-order chi connectivity index (χ0) is 17.2. The van der Waals surface area contributed by atoms with Crippen molar-refractivity contribution in [3.63, 3.8) is 0 Å². The van der Waals surface area contributed by atoms with Crippen LogP contribution in [0.3, 0.4) is 0 Å². The van der Waals surface area contributed by atoms with E-state index in [1.807, 2.05) is 6.21 Å². The van der Waals surface area contributed by atoms with Crippen LogP contribution in [0.1, 0.15) is 45.2 Å². The van der Waals surface area contributed by atoms with Crippen LogP contribution in [0, 0.1) is 0 Å². The number of carboxylic acid groups (broad SMARTS) is 1. The van der Waals surface area contributed by atoms with Crippen LogP contribution in [0.4, 0.5) is 0 Å². The Balaban J connectivity index is 0.000000980. The Bertz CT molecular complexity index is 506. The highest BCUT2D eigenvalue weighted by atomic mass is 16.4. The normalized spacial score (nSPS) is 10.7. The number of carbonyl (C=O) groups is 1. The van der Waals surface area contributed by atoms with Gasteiger partial charge in [-0.25, -0.2) is 0 Å². The fourth-order valence-electron chi connectivity index (χ4n) is 1.59. The number of hydrogen-bond donors (Lipinski definition) is 3. The molecule has 1 aromatic carbocycles. The Morgan fingerprint density at radius 2 is 1.77 bits per heavy atom. The molecule has 6 heteroatoms. The summed E-state index contributed by atoms with van der Waals surface area (Å²) in [7, 11) is 0. The van der Waals surface area contributed by atoms with Gasteiger partial charge in [0, 0.05) is 17.5 Å². The molecule has 0 aliphatic carbocycles. The first-order valence-electron chi connectivity index (χ1n) is 7.05. The van der Waals surface area contributed by atoms with Crippen LogP contribution in [0.5, 0.6) is 0 Å². The number of aryl methyl sites for hydroxylation is 1. The fourth-order valence-corrected chi connectivity index (χ4v) is 1.59. The number of hydrogen-bond acceptors (Lipinski definition) is 3. The average Bonchev–Trinajstić information content (AvgIpc) is 2.37. The van der Waals surface area contributed by atoms with Gasteiger partial charge in [-0.05, 0) is 29.9 Å². The molecule has 0 aliphatic heterocycles. The maximum Gasteiger partial charge on any atom is 0.256 e. The van der Waals surface area contributed by atoms with E-state index in [-0.39, 0.29) is 11.4 Å². The van der Waals surface area contributed by atoms with Crippen LogP contribution in [0.25, 0.3) is 0 Å². The molecule has 0 aromatic heterocycles. The van der Waals surface area contributed by atoms with Crippen molar-refractivity contribution in [2.24, 2.45) is 16.6 Å². The van der Waals surface area contributed by atoms with Crippen molar-refractivity contribution >= 4 is 18.1 Å². The first-order valence-corrected chi connectivity index (χ1v) is 7.05. The van der Waals surface area contributed by atoms with Gasteiger partial charge >= 0.3 is 0 Å². The first kappa shape index (κ1) is 19.6. The lowest BCUT2D eigenvalue weighted by atomic mass is 9.86. The van der Waals surface area contributed by atoms with Gasteiger partial charge in [0.25, 0.3) is 5.96 Å². The summed E-state index contributed by atoms with van der Waals surface area (Å²) in [5.74, 6) is -1.04. The summed E-state index contributed by atoms with van der Waals surface area (Å²) < 4.78 is 0. The van der Waals surface area contributed by atoms with Gasteiger partial charge in [-0.3, -0.25) is 0 Å². The van der Waals surface area contributed by atoms with Gasteiger partial charge in [0.2, 0.25) is 0 Å². The summed E-state index contributed by atoms with van der Waals surface area (Å²) in [5, 5.41) is 15.3. The zero-order valence-electron chi connectivity index (χ0n) is 13.7. The maximum absolute atomic E-state index is 8.89. The number of carbonyl (C=O) groups excluding carboxylic acids is 1. The highest BCUT2D eigenvalue weighted by molar-refractivity contribution is 5.74. The summed E-state index contributed by atoms with van der Waals surface area (Å²) in [6, 6.07) is 8.74. The fraction of sp³-hybridized carbons (Fsp3) is 0.438. The molecule has 0 fully saturated rings. The van der Waals surface area contributed by atoms with Gasteiger partial charge in [-0.1, -0.05) is 45.0 Å². The molecule has 5 N–H and O–H groups in total. The zero-order valence-corrected chi connectivity index (χ0v) is 13.7. The summed E-state index contributed by atoms with van der Waals surface area (Å²) in [5.41, 5.74) is 13.3. The number of rotatable bonds is 4. The van der Waals surface area contributed by atoms with E-state index in [0.29, 0.717) is 0 Å². The molecule has 0 unspecified atom stereocenters. The number of nitrogens with two attached hydrogens (primary N) is 2. The van der Waals surface area contributed by atoms with Gasteiger partial charge in [0.15, 0.2) is 6.21 Å². The Labute approximate surface area is 131 Å². The lowest BCUT2D eigenvalue weighted by molar-refractivity contribution is -0.458. The van der Waals surface area contributed by atoms with E-state index in [2.05, 4.69) is 55.2 Å². The molecule has 0 aliphatic rings. The molecular formula is C16H26N4O2. The molecule has 122 valence electrons. The second-order valence-corrected chi connectivity index (χ2v) is 5.85. The molecule has 0 saturated heterocycles. The number of aliphatic carboxylic acids is 1. The minimum atomic E-state index is -1.08. The van der Waals surface area contributed by atoms with Gasteiger partial charge in [-0.2, -0.15) is 0 Å². The molecule has 0 bridgehead atoms. The topological polar surface area (TPSA) is 118 Å². The Morgan fingerprint density at radius 3 is 2.18 bits per heavy atom.